The van der Waals surface area contributed by atoms with Crippen molar-refractivity contribution in [1.82, 2.24) is 5.32 Å². The lowest BCUT2D eigenvalue weighted by Gasteiger charge is -1.97. The summed E-state index contributed by atoms with van der Waals surface area (Å²) in [5, 5.41) is 2.57. The molecule has 0 spiro atoms. The van der Waals surface area contributed by atoms with Gasteiger partial charge in [-0.3, -0.25) is 4.79 Å². The van der Waals surface area contributed by atoms with Crippen LogP contribution in [0.25, 0.3) is 0 Å². The van der Waals surface area contributed by atoms with Gasteiger partial charge in [0.25, 0.3) is 0 Å². The zero-order chi connectivity index (χ0) is 12.2. The first-order valence-corrected chi connectivity index (χ1v) is 5.96. The lowest BCUT2D eigenvalue weighted by molar-refractivity contribution is -0.109. The van der Waals surface area contributed by atoms with Crippen LogP contribution in [-0.2, 0) is 11.2 Å². The lowest BCUT2D eigenvalue weighted by Crippen LogP contribution is -2.08. The third kappa shape index (κ3) is 7.12. The number of unbranched alkanes of at least 4 members (excludes halogenated alkanes) is 1. The number of rotatable bonds is 8. The first-order chi connectivity index (χ1) is 8.43. The van der Waals surface area contributed by atoms with Crippen molar-refractivity contribution in [3.05, 3.63) is 60.2 Å². The van der Waals surface area contributed by atoms with Gasteiger partial charge in [0.1, 0.15) is 0 Å². The van der Waals surface area contributed by atoms with Crippen molar-refractivity contribution >= 4 is 6.41 Å². The van der Waals surface area contributed by atoms with Gasteiger partial charge in [0.15, 0.2) is 0 Å². The van der Waals surface area contributed by atoms with E-state index in [4.69, 9.17) is 0 Å². The normalized spacial score (nSPS) is 11.1. The SMILES string of the molecule is O=CNCC=CC=CCCCc1ccccc1. The van der Waals surface area contributed by atoms with Gasteiger partial charge in [-0.15, -0.1) is 0 Å². The predicted molar refractivity (Wildman–Crippen MR) is 71.7 cm³/mol. The molecule has 0 aromatic heterocycles. The van der Waals surface area contributed by atoms with Gasteiger partial charge in [-0.05, 0) is 24.8 Å². The first kappa shape index (κ1) is 13.2. The molecule has 0 radical (unpaired) electrons. The zero-order valence-corrected chi connectivity index (χ0v) is 10.0. The highest BCUT2D eigenvalue weighted by atomic mass is 16.1. The highest BCUT2D eigenvalue weighted by molar-refractivity contribution is 5.46. The quantitative estimate of drug-likeness (QED) is 0.414. The standard InChI is InChI=1S/C15H19NO/c17-14-16-13-9-4-2-1-3-6-10-15-11-7-5-8-12-15/h1-2,4-5,7-9,11-12,14H,3,6,10,13H2,(H,16,17). The number of carbonyl (C=O) groups is 1. The van der Waals surface area contributed by atoms with Crippen molar-refractivity contribution in [2.24, 2.45) is 0 Å². The number of amides is 1. The molecule has 0 saturated heterocycles. The monoisotopic (exact) mass is 229 g/mol. The molecule has 1 aromatic rings. The highest BCUT2D eigenvalue weighted by Gasteiger charge is 1.88. The van der Waals surface area contributed by atoms with Gasteiger partial charge in [0.2, 0.25) is 6.41 Å². The number of hydrogen-bond acceptors (Lipinski definition) is 1. The summed E-state index contributed by atoms with van der Waals surface area (Å²) in [4.78, 5) is 9.95. The molecule has 0 aliphatic carbocycles. The molecule has 1 N–H and O–H groups in total. The third-order valence-corrected chi connectivity index (χ3v) is 2.38. The topological polar surface area (TPSA) is 29.1 Å². The Labute approximate surface area is 103 Å². The summed E-state index contributed by atoms with van der Waals surface area (Å²) in [6, 6.07) is 10.5. The number of aryl methyl sites for hydroxylation is 1. The van der Waals surface area contributed by atoms with Crippen LogP contribution in [0.4, 0.5) is 0 Å². The van der Waals surface area contributed by atoms with E-state index in [0.717, 1.165) is 12.8 Å². The van der Waals surface area contributed by atoms with Crippen LogP contribution >= 0.6 is 0 Å². The Morgan fingerprint density at radius 2 is 1.82 bits per heavy atom. The van der Waals surface area contributed by atoms with Gasteiger partial charge < -0.3 is 5.32 Å². The second-order valence-electron chi connectivity index (χ2n) is 3.76. The molecule has 0 saturated carbocycles. The smallest absolute Gasteiger partial charge is 0.207 e. The average molecular weight is 229 g/mol. The molecule has 0 aliphatic rings. The van der Waals surface area contributed by atoms with Gasteiger partial charge in [-0.1, -0.05) is 54.6 Å². The van der Waals surface area contributed by atoms with E-state index in [0.29, 0.717) is 13.0 Å². The van der Waals surface area contributed by atoms with E-state index >= 15 is 0 Å². The van der Waals surface area contributed by atoms with Crippen LogP contribution in [0, 0.1) is 0 Å². The molecular formula is C15H19NO. The summed E-state index contributed by atoms with van der Waals surface area (Å²) in [5.74, 6) is 0. The van der Waals surface area contributed by atoms with Crippen molar-refractivity contribution in [2.45, 2.75) is 19.3 Å². The van der Waals surface area contributed by atoms with Crippen molar-refractivity contribution in [2.75, 3.05) is 6.54 Å². The van der Waals surface area contributed by atoms with Gasteiger partial charge in [0.05, 0.1) is 0 Å². The van der Waals surface area contributed by atoms with Crippen molar-refractivity contribution < 1.29 is 4.79 Å². The van der Waals surface area contributed by atoms with E-state index in [-0.39, 0.29) is 0 Å². The van der Waals surface area contributed by atoms with Crippen LogP contribution in [0.15, 0.2) is 54.6 Å². The molecular weight excluding hydrogens is 210 g/mol. The van der Waals surface area contributed by atoms with E-state index in [1.54, 1.807) is 0 Å². The fourth-order valence-electron chi connectivity index (χ4n) is 1.51. The summed E-state index contributed by atoms with van der Waals surface area (Å²) in [7, 11) is 0. The van der Waals surface area contributed by atoms with Gasteiger partial charge in [0, 0.05) is 6.54 Å². The average Bonchev–Trinajstić information content (AvgIpc) is 2.38. The molecule has 0 aliphatic heterocycles. The summed E-state index contributed by atoms with van der Waals surface area (Å²) >= 11 is 0. The van der Waals surface area contributed by atoms with Crippen LogP contribution in [0.3, 0.4) is 0 Å². The van der Waals surface area contributed by atoms with E-state index < -0.39 is 0 Å². The van der Waals surface area contributed by atoms with Crippen molar-refractivity contribution in [3.63, 3.8) is 0 Å². The van der Waals surface area contributed by atoms with Crippen LogP contribution in [-0.4, -0.2) is 13.0 Å². The number of benzene rings is 1. The van der Waals surface area contributed by atoms with Crippen LogP contribution in [0.5, 0.6) is 0 Å². The number of nitrogens with one attached hydrogen (secondary N) is 1. The third-order valence-electron chi connectivity index (χ3n) is 2.38. The van der Waals surface area contributed by atoms with Gasteiger partial charge >= 0.3 is 0 Å². The van der Waals surface area contributed by atoms with Crippen LogP contribution in [0.2, 0.25) is 0 Å². The summed E-state index contributed by atoms with van der Waals surface area (Å²) in [6.07, 6.45) is 12.1. The number of hydrogen-bond donors (Lipinski definition) is 1. The van der Waals surface area contributed by atoms with E-state index in [1.807, 2.05) is 24.3 Å². The minimum atomic E-state index is 0.595. The minimum Gasteiger partial charge on any atom is -0.355 e. The van der Waals surface area contributed by atoms with Crippen molar-refractivity contribution in [1.29, 1.82) is 0 Å². The Hall–Kier alpha value is -1.83. The maximum atomic E-state index is 9.95. The maximum Gasteiger partial charge on any atom is 0.207 e. The molecule has 2 heteroatoms. The second-order valence-corrected chi connectivity index (χ2v) is 3.76. The molecule has 90 valence electrons. The molecule has 0 unspecified atom stereocenters. The van der Waals surface area contributed by atoms with Gasteiger partial charge in [-0.25, -0.2) is 0 Å². The zero-order valence-electron chi connectivity index (χ0n) is 10.0. The first-order valence-electron chi connectivity index (χ1n) is 5.96. The Balaban J connectivity index is 2.06. The largest absolute Gasteiger partial charge is 0.355 e. The Morgan fingerprint density at radius 3 is 2.59 bits per heavy atom. The molecule has 1 aromatic carbocycles. The fraction of sp³-hybridized carbons (Fsp3) is 0.267. The molecule has 0 bridgehead atoms. The molecule has 2 nitrogen and oxygen atoms in total. The van der Waals surface area contributed by atoms with Crippen LogP contribution in [0.1, 0.15) is 18.4 Å². The van der Waals surface area contributed by atoms with Crippen molar-refractivity contribution in [3.8, 4) is 0 Å². The summed E-state index contributed by atoms with van der Waals surface area (Å²) < 4.78 is 0. The molecule has 17 heavy (non-hydrogen) atoms. The number of allylic oxidation sites excluding steroid dienone is 3. The highest BCUT2D eigenvalue weighted by Crippen LogP contribution is 2.04. The molecule has 1 amide bonds. The van der Waals surface area contributed by atoms with Crippen LogP contribution < -0.4 is 5.32 Å². The summed E-state index contributed by atoms with van der Waals surface area (Å²) in [6.45, 7) is 0.595. The molecule has 1 rings (SSSR count). The Morgan fingerprint density at radius 1 is 1.06 bits per heavy atom. The Bertz CT molecular complexity index is 354. The van der Waals surface area contributed by atoms with E-state index in [2.05, 4.69) is 35.7 Å². The summed E-state index contributed by atoms with van der Waals surface area (Å²) in [5.41, 5.74) is 1.40. The molecule has 0 fully saturated rings. The maximum absolute atomic E-state index is 9.95. The fourth-order valence-corrected chi connectivity index (χ4v) is 1.51. The lowest BCUT2D eigenvalue weighted by atomic mass is 10.1. The van der Waals surface area contributed by atoms with Gasteiger partial charge in [-0.2, -0.15) is 0 Å². The molecule has 0 atom stereocenters. The van der Waals surface area contributed by atoms with E-state index in [1.165, 1.54) is 12.0 Å². The van der Waals surface area contributed by atoms with E-state index in [9.17, 15) is 4.79 Å². The predicted octanol–water partition coefficient (Wildman–Crippen LogP) is 2.87. The number of carbonyl (C=O) groups excluding carboxylic acids is 1. The minimum absolute atomic E-state index is 0.595. The second kappa shape index (κ2) is 9.40. The Kier molecular flexibility index (Phi) is 7.32. The molecule has 0 heterocycles.